The Kier molecular flexibility index (Phi) is 6.44. The Morgan fingerprint density at radius 3 is 2.28 bits per heavy atom. The van der Waals surface area contributed by atoms with Crippen molar-refractivity contribution in [3.05, 3.63) is 64.7 Å². The van der Waals surface area contributed by atoms with Gasteiger partial charge in [-0.15, -0.1) is 0 Å². The molecule has 0 aliphatic carbocycles. The third kappa shape index (κ3) is 5.25. The minimum absolute atomic E-state index is 0.0471. The zero-order valence-electron chi connectivity index (χ0n) is 17.6. The van der Waals surface area contributed by atoms with Gasteiger partial charge in [0, 0.05) is 25.2 Å². The van der Waals surface area contributed by atoms with E-state index < -0.39 is 10.0 Å². The van der Waals surface area contributed by atoms with E-state index in [9.17, 15) is 13.2 Å². The molecule has 0 spiro atoms. The monoisotopic (exact) mass is 414 g/mol. The number of hydrogen-bond donors (Lipinski definition) is 1. The lowest BCUT2D eigenvalue weighted by atomic mass is 9.91. The Hall–Kier alpha value is -2.18. The third-order valence-electron chi connectivity index (χ3n) is 5.46. The van der Waals surface area contributed by atoms with Crippen LogP contribution in [0.1, 0.15) is 47.3 Å². The summed E-state index contributed by atoms with van der Waals surface area (Å²) >= 11 is 0. The minimum Gasteiger partial charge on any atom is -0.338 e. The number of sulfonamides is 1. The summed E-state index contributed by atoms with van der Waals surface area (Å²) < 4.78 is 28.0. The average Bonchev–Trinajstić information content (AvgIpc) is 2.67. The molecule has 1 aliphatic rings. The van der Waals surface area contributed by atoms with E-state index in [-0.39, 0.29) is 12.5 Å². The summed E-state index contributed by atoms with van der Waals surface area (Å²) in [6.45, 7) is 9.79. The van der Waals surface area contributed by atoms with Crippen molar-refractivity contribution in [2.45, 2.75) is 45.6 Å². The van der Waals surface area contributed by atoms with Gasteiger partial charge in [0.1, 0.15) is 0 Å². The van der Waals surface area contributed by atoms with Crippen LogP contribution in [0.5, 0.6) is 0 Å². The van der Waals surface area contributed by atoms with Gasteiger partial charge in [0.2, 0.25) is 10.0 Å². The fourth-order valence-corrected chi connectivity index (χ4v) is 5.37. The molecule has 3 rings (SSSR count). The van der Waals surface area contributed by atoms with Gasteiger partial charge in [-0.05, 0) is 67.0 Å². The first-order valence-corrected chi connectivity index (χ1v) is 11.6. The summed E-state index contributed by atoms with van der Waals surface area (Å²) in [5, 5.41) is 0. The van der Waals surface area contributed by atoms with E-state index in [0.29, 0.717) is 27.9 Å². The molecule has 2 unspecified atom stereocenters. The maximum Gasteiger partial charge on any atom is 0.253 e. The Morgan fingerprint density at radius 2 is 1.66 bits per heavy atom. The number of rotatable bonds is 5. The molecule has 2 aromatic rings. The fourth-order valence-electron chi connectivity index (χ4n) is 4.03. The molecule has 1 fully saturated rings. The maximum atomic E-state index is 12.8. The zero-order valence-corrected chi connectivity index (χ0v) is 18.4. The van der Waals surface area contributed by atoms with Crippen molar-refractivity contribution in [2.24, 2.45) is 11.8 Å². The summed E-state index contributed by atoms with van der Waals surface area (Å²) in [7, 11) is -3.59. The number of amides is 1. The van der Waals surface area contributed by atoms with Gasteiger partial charge in [0.25, 0.3) is 5.91 Å². The number of hydrogen-bond acceptors (Lipinski definition) is 3. The molecule has 6 heteroatoms. The van der Waals surface area contributed by atoms with E-state index >= 15 is 0 Å². The Balaban J connectivity index is 1.66. The van der Waals surface area contributed by atoms with Crippen LogP contribution in [0.25, 0.3) is 0 Å². The minimum atomic E-state index is -3.59. The molecule has 1 saturated heterocycles. The summed E-state index contributed by atoms with van der Waals surface area (Å²) in [4.78, 5) is 15.0. The molecule has 29 heavy (non-hydrogen) atoms. The number of nitrogens with one attached hydrogen (secondary N) is 1. The zero-order chi connectivity index (χ0) is 21.2. The lowest BCUT2D eigenvalue weighted by Crippen LogP contribution is -2.42. The molecular weight excluding hydrogens is 384 g/mol. The molecule has 5 nitrogen and oxygen atoms in total. The number of piperidine rings is 1. The molecule has 0 radical (unpaired) electrons. The lowest BCUT2D eigenvalue weighted by Gasteiger charge is -2.35. The molecule has 1 aliphatic heterocycles. The van der Waals surface area contributed by atoms with Crippen LogP contribution >= 0.6 is 0 Å². The van der Waals surface area contributed by atoms with Gasteiger partial charge in [-0.3, -0.25) is 4.79 Å². The van der Waals surface area contributed by atoms with Crippen molar-refractivity contribution < 1.29 is 13.2 Å². The van der Waals surface area contributed by atoms with E-state index in [1.165, 1.54) is 0 Å². The number of aryl methyl sites for hydroxylation is 2. The van der Waals surface area contributed by atoms with Crippen LogP contribution in [0.2, 0.25) is 0 Å². The quantitative estimate of drug-likeness (QED) is 0.807. The van der Waals surface area contributed by atoms with Crippen LogP contribution in [0, 0.1) is 25.7 Å². The molecule has 2 atom stereocenters. The SMILES string of the molecule is Cc1ccc(C)c(S(=O)(=O)NCc2ccc(C(=O)N3CC(C)CC(C)C3)cc2)c1. The number of benzene rings is 2. The molecule has 2 aromatic carbocycles. The largest absolute Gasteiger partial charge is 0.338 e. The molecule has 0 saturated carbocycles. The van der Waals surface area contributed by atoms with E-state index in [0.717, 1.165) is 30.6 Å². The number of nitrogens with zero attached hydrogens (tertiary/aromatic N) is 1. The van der Waals surface area contributed by atoms with Gasteiger partial charge >= 0.3 is 0 Å². The van der Waals surface area contributed by atoms with Crippen LogP contribution in [0.15, 0.2) is 47.4 Å². The van der Waals surface area contributed by atoms with Crippen LogP contribution in [-0.2, 0) is 16.6 Å². The first-order valence-electron chi connectivity index (χ1n) is 10.1. The summed E-state index contributed by atoms with van der Waals surface area (Å²) in [5.74, 6) is 1.08. The van der Waals surface area contributed by atoms with Crippen LogP contribution in [0.3, 0.4) is 0 Å². The molecule has 1 N–H and O–H groups in total. The van der Waals surface area contributed by atoms with E-state index in [2.05, 4.69) is 18.6 Å². The highest BCUT2D eigenvalue weighted by Gasteiger charge is 2.26. The highest BCUT2D eigenvalue weighted by Crippen LogP contribution is 2.23. The predicted molar refractivity (Wildman–Crippen MR) is 115 cm³/mol. The van der Waals surface area contributed by atoms with Crippen molar-refractivity contribution in [1.29, 1.82) is 0 Å². The second-order valence-electron chi connectivity index (χ2n) is 8.45. The second-order valence-corrected chi connectivity index (χ2v) is 10.2. The summed E-state index contributed by atoms with van der Waals surface area (Å²) in [6.07, 6.45) is 1.16. The lowest BCUT2D eigenvalue weighted by molar-refractivity contribution is 0.0623. The van der Waals surface area contributed by atoms with Gasteiger partial charge in [0.15, 0.2) is 0 Å². The maximum absolute atomic E-state index is 12.8. The van der Waals surface area contributed by atoms with Crippen LogP contribution in [-0.4, -0.2) is 32.3 Å². The highest BCUT2D eigenvalue weighted by molar-refractivity contribution is 7.89. The van der Waals surface area contributed by atoms with Crippen molar-refractivity contribution in [3.63, 3.8) is 0 Å². The molecule has 1 heterocycles. The summed E-state index contributed by atoms with van der Waals surface area (Å²) in [6, 6.07) is 12.6. The number of likely N-dealkylation sites (tertiary alicyclic amines) is 1. The molecular formula is C23H30N2O3S. The average molecular weight is 415 g/mol. The van der Waals surface area contributed by atoms with Gasteiger partial charge < -0.3 is 4.90 Å². The Morgan fingerprint density at radius 1 is 1.03 bits per heavy atom. The smallest absolute Gasteiger partial charge is 0.253 e. The van der Waals surface area contributed by atoms with E-state index in [1.54, 1.807) is 25.1 Å². The number of carbonyl (C=O) groups is 1. The van der Waals surface area contributed by atoms with Crippen molar-refractivity contribution in [3.8, 4) is 0 Å². The van der Waals surface area contributed by atoms with E-state index in [1.807, 2.05) is 36.1 Å². The highest BCUT2D eigenvalue weighted by atomic mass is 32.2. The molecule has 156 valence electrons. The second kappa shape index (κ2) is 8.67. The first kappa shape index (κ1) is 21.5. The van der Waals surface area contributed by atoms with Crippen LogP contribution in [0.4, 0.5) is 0 Å². The standard InChI is InChI=1S/C23H30N2O3S/c1-16-5-6-19(4)22(12-16)29(27,28)24-13-20-7-9-21(10-8-20)23(26)25-14-17(2)11-18(3)15-25/h5-10,12,17-18,24H,11,13-15H2,1-4H3. The Labute approximate surface area is 174 Å². The van der Waals surface area contributed by atoms with Crippen molar-refractivity contribution in [1.82, 2.24) is 9.62 Å². The van der Waals surface area contributed by atoms with Gasteiger partial charge in [-0.25, -0.2) is 13.1 Å². The summed E-state index contributed by atoms with van der Waals surface area (Å²) in [5.41, 5.74) is 3.08. The topological polar surface area (TPSA) is 66.5 Å². The van der Waals surface area contributed by atoms with Crippen LogP contribution < -0.4 is 4.72 Å². The Bertz CT molecular complexity index is 974. The molecule has 1 amide bonds. The molecule has 0 aromatic heterocycles. The van der Waals surface area contributed by atoms with Gasteiger partial charge in [-0.1, -0.05) is 38.1 Å². The van der Waals surface area contributed by atoms with Gasteiger partial charge in [-0.2, -0.15) is 0 Å². The van der Waals surface area contributed by atoms with Crippen molar-refractivity contribution in [2.75, 3.05) is 13.1 Å². The number of carbonyl (C=O) groups excluding carboxylic acids is 1. The predicted octanol–water partition coefficient (Wildman–Crippen LogP) is 3.90. The third-order valence-corrected chi connectivity index (χ3v) is 7.00. The van der Waals surface area contributed by atoms with Gasteiger partial charge in [0.05, 0.1) is 4.90 Å². The normalized spacial score (nSPS) is 19.9. The van der Waals surface area contributed by atoms with E-state index in [4.69, 9.17) is 0 Å². The molecule has 0 bridgehead atoms. The van der Waals surface area contributed by atoms with Crippen molar-refractivity contribution >= 4 is 15.9 Å². The first-order chi connectivity index (χ1) is 13.7. The fraction of sp³-hybridized carbons (Fsp3) is 0.435.